The number of hydrogen-bond donors (Lipinski definition) is 2. The number of nitrogens with two attached hydrogens (primary N) is 1. The van der Waals surface area contributed by atoms with Crippen LogP contribution in [0.4, 0.5) is 10.8 Å². The van der Waals surface area contributed by atoms with Crippen molar-refractivity contribution in [2.45, 2.75) is 43.4 Å². The number of Topliss-reactive ketones (excluding diaryl/α,β-unsaturated/α-hetero) is 1. The van der Waals surface area contributed by atoms with Crippen molar-refractivity contribution < 1.29 is 14.3 Å². The highest BCUT2D eigenvalue weighted by atomic mass is 32.2. The number of ketones is 1. The minimum Gasteiger partial charge on any atom is -0.496 e. The molecule has 1 aliphatic heterocycles. The number of aryl methyl sites for hydroxylation is 1. The predicted molar refractivity (Wildman–Crippen MR) is 156 cm³/mol. The van der Waals surface area contributed by atoms with Crippen LogP contribution in [0, 0.1) is 25.2 Å². The molecule has 5 rings (SSSR count). The Morgan fingerprint density at radius 3 is 2.80 bits per heavy atom. The molecule has 0 spiro atoms. The number of anilines is 2. The summed E-state index contributed by atoms with van der Waals surface area (Å²) in [6.45, 7) is 3.97. The molecule has 2 aromatic carbocycles. The topological polar surface area (TPSA) is 134 Å². The number of carbonyl (C=O) groups excluding carboxylic acids is 2. The molecule has 1 amide bonds. The lowest BCUT2D eigenvalue weighted by molar-refractivity contribution is -0.116. The molecule has 2 heterocycles. The minimum atomic E-state index is -0.629. The van der Waals surface area contributed by atoms with E-state index in [1.807, 2.05) is 56.3 Å². The van der Waals surface area contributed by atoms with Crippen molar-refractivity contribution in [3.05, 3.63) is 81.8 Å². The summed E-state index contributed by atoms with van der Waals surface area (Å²) >= 11 is 2.53. The molecule has 0 radical (unpaired) electrons. The van der Waals surface area contributed by atoms with E-state index < -0.39 is 5.92 Å². The lowest BCUT2D eigenvalue weighted by Crippen LogP contribution is -2.38. The van der Waals surface area contributed by atoms with E-state index in [-0.39, 0.29) is 28.8 Å². The van der Waals surface area contributed by atoms with Crippen LogP contribution in [0.25, 0.3) is 0 Å². The largest absolute Gasteiger partial charge is 0.496 e. The van der Waals surface area contributed by atoms with Gasteiger partial charge in [-0.1, -0.05) is 53.4 Å². The Morgan fingerprint density at radius 2 is 2.02 bits per heavy atom. The zero-order valence-corrected chi connectivity index (χ0v) is 24.0. The molecular formula is C29H28N6O3S2. The van der Waals surface area contributed by atoms with Crippen LogP contribution in [0.3, 0.4) is 0 Å². The number of benzene rings is 2. The zero-order valence-electron chi connectivity index (χ0n) is 22.4. The molecule has 1 aromatic heterocycles. The van der Waals surface area contributed by atoms with E-state index in [9.17, 15) is 14.9 Å². The molecule has 3 N–H and O–H groups in total. The Hall–Kier alpha value is -4.14. The van der Waals surface area contributed by atoms with Gasteiger partial charge in [0.2, 0.25) is 11.0 Å². The first kappa shape index (κ1) is 27.4. The van der Waals surface area contributed by atoms with Gasteiger partial charge in [-0.15, -0.1) is 10.2 Å². The molecule has 204 valence electrons. The molecule has 0 fully saturated rings. The van der Waals surface area contributed by atoms with Gasteiger partial charge in [0.15, 0.2) is 10.1 Å². The first-order valence-corrected chi connectivity index (χ1v) is 14.6. The standard InChI is InChI=1S/C29H28N6O3S2/c1-16-8-6-10-20(17(16)2)32-24(37)15-39-29-34-33-28(40-29)35-21-11-7-12-22(36)26(21)25(19(14-30)27(35)31)18-9-4-5-13-23(18)38-3/h4-6,8-10,13,25H,7,11-12,15,31H2,1-3H3,(H,32,37). The molecule has 3 aromatic rings. The third-order valence-corrected chi connectivity index (χ3v) is 9.20. The smallest absolute Gasteiger partial charge is 0.234 e. The summed E-state index contributed by atoms with van der Waals surface area (Å²) in [4.78, 5) is 27.7. The van der Waals surface area contributed by atoms with Crippen LogP contribution < -0.4 is 20.7 Å². The Balaban J connectivity index is 1.44. The van der Waals surface area contributed by atoms with Crippen molar-refractivity contribution in [3.8, 4) is 11.8 Å². The van der Waals surface area contributed by atoms with E-state index in [1.54, 1.807) is 12.0 Å². The summed E-state index contributed by atoms with van der Waals surface area (Å²) in [6.07, 6.45) is 1.66. The molecular weight excluding hydrogens is 544 g/mol. The highest BCUT2D eigenvalue weighted by Crippen LogP contribution is 2.48. The van der Waals surface area contributed by atoms with Crippen LogP contribution in [-0.4, -0.2) is 34.8 Å². The van der Waals surface area contributed by atoms with Gasteiger partial charge in [-0.2, -0.15) is 5.26 Å². The van der Waals surface area contributed by atoms with Gasteiger partial charge in [0.25, 0.3) is 0 Å². The minimum absolute atomic E-state index is 0.0235. The molecule has 1 unspecified atom stereocenters. The second-order valence-corrected chi connectivity index (χ2v) is 11.7. The van der Waals surface area contributed by atoms with Gasteiger partial charge in [0.05, 0.1) is 30.4 Å². The number of nitrogens with zero attached hydrogens (tertiary/aromatic N) is 4. The number of carbonyl (C=O) groups is 2. The highest BCUT2D eigenvalue weighted by Gasteiger charge is 2.42. The number of nitrogens with one attached hydrogen (secondary N) is 1. The number of para-hydroxylation sites is 1. The number of aromatic nitrogens is 2. The van der Waals surface area contributed by atoms with Crippen molar-refractivity contribution in [3.63, 3.8) is 0 Å². The van der Waals surface area contributed by atoms with Gasteiger partial charge in [-0.3, -0.25) is 14.5 Å². The molecule has 0 saturated heterocycles. The van der Waals surface area contributed by atoms with Gasteiger partial charge in [0.1, 0.15) is 11.6 Å². The summed E-state index contributed by atoms with van der Waals surface area (Å²) < 4.78 is 6.15. The Morgan fingerprint density at radius 1 is 1.23 bits per heavy atom. The van der Waals surface area contributed by atoms with Crippen LogP contribution in [0.15, 0.2) is 69.5 Å². The molecule has 1 aliphatic carbocycles. The van der Waals surface area contributed by atoms with Gasteiger partial charge < -0.3 is 15.8 Å². The molecule has 11 heteroatoms. The molecule has 40 heavy (non-hydrogen) atoms. The van der Waals surface area contributed by atoms with E-state index in [4.69, 9.17) is 10.5 Å². The van der Waals surface area contributed by atoms with Gasteiger partial charge in [-0.25, -0.2) is 0 Å². The Labute approximate surface area is 240 Å². The second kappa shape index (κ2) is 11.5. The molecule has 2 aliphatic rings. The summed E-state index contributed by atoms with van der Waals surface area (Å²) in [5.41, 5.74) is 11.8. The van der Waals surface area contributed by atoms with Crippen molar-refractivity contribution >= 4 is 45.6 Å². The number of methoxy groups -OCH3 is 1. The maximum Gasteiger partial charge on any atom is 0.234 e. The summed E-state index contributed by atoms with van der Waals surface area (Å²) in [6, 6.07) is 15.4. The fourth-order valence-corrected chi connectivity index (χ4v) is 6.75. The molecule has 0 bridgehead atoms. The molecule has 1 atom stereocenters. The van der Waals surface area contributed by atoms with Gasteiger partial charge >= 0.3 is 0 Å². The average Bonchev–Trinajstić information content (AvgIpc) is 3.42. The lowest BCUT2D eigenvalue weighted by Gasteiger charge is -2.38. The Kier molecular flexibility index (Phi) is 7.91. The van der Waals surface area contributed by atoms with Crippen molar-refractivity contribution in [2.75, 3.05) is 23.1 Å². The monoisotopic (exact) mass is 572 g/mol. The fourth-order valence-electron chi connectivity index (χ4n) is 5.07. The number of rotatable bonds is 7. The second-order valence-electron chi connectivity index (χ2n) is 9.49. The van der Waals surface area contributed by atoms with E-state index >= 15 is 0 Å². The molecule has 0 saturated carbocycles. The van der Waals surface area contributed by atoms with E-state index in [1.165, 1.54) is 23.1 Å². The van der Waals surface area contributed by atoms with Crippen molar-refractivity contribution in [2.24, 2.45) is 5.73 Å². The normalized spacial score (nSPS) is 17.0. The first-order chi connectivity index (χ1) is 19.3. The SMILES string of the molecule is COc1ccccc1C1C(C#N)=C(N)N(c2nnc(SCC(=O)Nc3cccc(C)c3C)s2)C2=C1C(=O)CCC2. The summed E-state index contributed by atoms with van der Waals surface area (Å²) in [5.74, 6) is 0.147. The quantitative estimate of drug-likeness (QED) is 0.366. The lowest BCUT2D eigenvalue weighted by atomic mass is 9.75. The van der Waals surface area contributed by atoms with Gasteiger partial charge in [0, 0.05) is 28.9 Å². The number of amides is 1. The fraction of sp³-hybridized carbons (Fsp3) is 0.276. The van der Waals surface area contributed by atoms with Crippen LogP contribution in [0.5, 0.6) is 5.75 Å². The van der Waals surface area contributed by atoms with E-state index in [0.717, 1.165) is 28.1 Å². The predicted octanol–water partition coefficient (Wildman–Crippen LogP) is 5.20. The Bertz CT molecular complexity index is 1600. The number of nitriles is 1. The maximum atomic E-state index is 13.4. The van der Waals surface area contributed by atoms with Crippen LogP contribution in [0.2, 0.25) is 0 Å². The number of thioether (sulfide) groups is 1. The van der Waals surface area contributed by atoms with Crippen LogP contribution in [0.1, 0.15) is 41.9 Å². The van der Waals surface area contributed by atoms with Crippen LogP contribution >= 0.6 is 23.1 Å². The number of allylic oxidation sites excluding steroid dienone is 3. The van der Waals surface area contributed by atoms with E-state index in [0.29, 0.717) is 40.1 Å². The van der Waals surface area contributed by atoms with E-state index in [2.05, 4.69) is 21.6 Å². The highest BCUT2D eigenvalue weighted by molar-refractivity contribution is 8.01. The first-order valence-electron chi connectivity index (χ1n) is 12.8. The zero-order chi connectivity index (χ0) is 28.4. The number of ether oxygens (including phenoxy) is 1. The summed E-state index contributed by atoms with van der Waals surface area (Å²) in [5, 5.41) is 22.2. The number of hydrogen-bond acceptors (Lipinski definition) is 10. The third-order valence-electron chi connectivity index (χ3n) is 7.16. The summed E-state index contributed by atoms with van der Waals surface area (Å²) in [7, 11) is 1.56. The average molecular weight is 573 g/mol. The maximum absolute atomic E-state index is 13.4. The van der Waals surface area contributed by atoms with Crippen LogP contribution in [-0.2, 0) is 9.59 Å². The molecule has 9 nitrogen and oxygen atoms in total. The third kappa shape index (κ3) is 5.08. The van der Waals surface area contributed by atoms with Crippen molar-refractivity contribution in [1.29, 1.82) is 5.26 Å². The van der Waals surface area contributed by atoms with Gasteiger partial charge in [-0.05, 0) is 49.9 Å². The van der Waals surface area contributed by atoms with Crippen molar-refractivity contribution in [1.82, 2.24) is 10.2 Å².